The van der Waals surface area contributed by atoms with Crippen LogP contribution >= 0.6 is 7.82 Å². The van der Waals surface area contributed by atoms with Gasteiger partial charge in [-0.25, -0.2) is 4.57 Å². The number of esters is 2. The summed E-state index contributed by atoms with van der Waals surface area (Å²) in [6.45, 7) is 3.67. The lowest BCUT2D eigenvalue weighted by Gasteiger charge is -2.19. The third-order valence-electron chi connectivity index (χ3n) is 15.8. The number of allylic oxidation sites excluding steroid dienone is 14. The van der Waals surface area contributed by atoms with E-state index in [2.05, 4.69) is 98.9 Å². The number of phosphoric ester groups is 1. The maximum Gasteiger partial charge on any atom is 0.472 e. The molecule has 0 rings (SSSR count). The minimum absolute atomic E-state index is 0.0530. The number of hydrogen-bond donors (Lipinski definition) is 2. The smallest absolute Gasteiger partial charge is 0.462 e. The van der Waals surface area contributed by atoms with E-state index < -0.39 is 26.5 Å². The van der Waals surface area contributed by atoms with E-state index >= 15 is 0 Å². The Morgan fingerprint density at radius 2 is 0.647 bits per heavy atom. The number of carbonyl (C=O) groups excluding carboxylic acids is 2. The predicted octanol–water partition coefficient (Wildman–Crippen LogP) is 23.8. The number of unbranched alkanes of at least 4 members (excludes halogenated alkanes) is 41. The third-order valence-corrected chi connectivity index (χ3v) is 16.7. The molecule has 85 heavy (non-hydrogen) atoms. The fraction of sp³-hybridized carbons (Fsp3) is 0.787. The van der Waals surface area contributed by atoms with Crippen LogP contribution in [0.1, 0.15) is 348 Å². The van der Waals surface area contributed by atoms with Crippen molar-refractivity contribution < 1.29 is 37.6 Å². The van der Waals surface area contributed by atoms with Gasteiger partial charge in [0.05, 0.1) is 13.2 Å². The Bertz CT molecular complexity index is 1670. The van der Waals surface area contributed by atoms with Gasteiger partial charge in [-0.2, -0.15) is 0 Å². The van der Waals surface area contributed by atoms with Crippen LogP contribution in [-0.4, -0.2) is 49.3 Å². The number of nitrogens with two attached hydrogens (primary N) is 1. The third kappa shape index (κ3) is 70.2. The fourth-order valence-electron chi connectivity index (χ4n) is 10.5. The monoisotopic (exact) mass is 1210 g/mol. The minimum atomic E-state index is -4.40. The summed E-state index contributed by atoms with van der Waals surface area (Å²) in [5.41, 5.74) is 5.41. The highest BCUT2D eigenvalue weighted by atomic mass is 31.2. The summed E-state index contributed by atoms with van der Waals surface area (Å²) in [6.07, 6.45) is 94.0. The molecule has 9 nitrogen and oxygen atoms in total. The molecule has 0 aromatic carbocycles. The molecule has 0 saturated heterocycles. The topological polar surface area (TPSA) is 134 Å². The number of phosphoric acid groups is 1. The standard InChI is InChI=1S/C75H136NO8P/c1-3-5-7-9-11-13-15-17-19-21-23-25-27-29-31-33-35-36-38-40-42-44-46-48-50-52-54-56-58-60-62-64-66-68-75(78)84-73(72-83-85(79,80)82-70-69-76)71-81-74(77)67-65-63-61-59-57-55-53-51-49-47-45-43-41-39-37-34-32-30-28-26-24-22-20-18-16-14-12-10-8-6-4-2/h5,7,11,13,16-19,22-25,28,30,73H,3-4,6,8-10,12,14-15,20-21,26-27,29,31-72,76H2,1-2H3,(H,79,80)/b7-5-,13-11-,18-16-,19-17-,24-22-,25-23-,30-28-. The van der Waals surface area contributed by atoms with Crippen LogP contribution in [0, 0.1) is 0 Å². The van der Waals surface area contributed by atoms with E-state index in [0.717, 1.165) is 70.6 Å². The summed E-state index contributed by atoms with van der Waals surface area (Å²) in [4.78, 5) is 35.4. The lowest BCUT2D eigenvalue weighted by Crippen LogP contribution is -2.29. The zero-order valence-electron chi connectivity index (χ0n) is 55.6. The van der Waals surface area contributed by atoms with Gasteiger partial charge in [0, 0.05) is 19.4 Å². The molecule has 0 bridgehead atoms. The Balaban J connectivity index is 3.84. The van der Waals surface area contributed by atoms with Gasteiger partial charge < -0.3 is 20.1 Å². The second-order valence-electron chi connectivity index (χ2n) is 24.1. The second kappa shape index (κ2) is 70.3. The molecule has 0 aliphatic rings. The molecule has 2 atom stereocenters. The summed E-state index contributed by atoms with van der Waals surface area (Å²) in [5, 5.41) is 0. The number of carbonyl (C=O) groups is 2. The van der Waals surface area contributed by atoms with Crippen LogP contribution in [0.5, 0.6) is 0 Å². The largest absolute Gasteiger partial charge is 0.472 e. The van der Waals surface area contributed by atoms with Crippen molar-refractivity contribution in [3.63, 3.8) is 0 Å². The molecule has 0 radical (unpaired) electrons. The lowest BCUT2D eigenvalue weighted by molar-refractivity contribution is -0.161. The highest BCUT2D eigenvalue weighted by molar-refractivity contribution is 7.47. The zero-order valence-corrected chi connectivity index (χ0v) is 56.5. The molecular formula is C75H136NO8P. The van der Waals surface area contributed by atoms with Crippen molar-refractivity contribution in [2.45, 2.75) is 354 Å². The SMILES string of the molecule is CC/C=C\C/C=C\C/C=C\C/C=C\CCCCCCCCCCCCCCCCCCCCCCC(=O)OC(COC(=O)CCCCCCCCCCCCCCCCCC/C=C\C/C=C\C/C=C\CCCCCCC)COP(=O)(O)OCCN. The van der Waals surface area contributed by atoms with E-state index in [1.807, 2.05) is 0 Å². The molecule has 0 aliphatic heterocycles. The summed E-state index contributed by atoms with van der Waals surface area (Å²) in [6, 6.07) is 0. The van der Waals surface area contributed by atoms with E-state index in [1.165, 1.54) is 244 Å². The first-order valence-corrected chi connectivity index (χ1v) is 37.6. The molecule has 494 valence electrons. The van der Waals surface area contributed by atoms with Gasteiger partial charge in [0.1, 0.15) is 6.61 Å². The van der Waals surface area contributed by atoms with Gasteiger partial charge in [0.2, 0.25) is 0 Å². The first kappa shape index (κ1) is 82.2. The van der Waals surface area contributed by atoms with E-state index in [0.29, 0.717) is 6.42 Å². The van der Waals surface area contributed by atoms with Crippen LogP contribution < -0.4 is 5.73 Å². The van der Waals surface area contributed by atoms with Gasteiger partial charge in [-0.3, -0.25) is 18.6 Å². The van der Waals surface area contributed by atoms with Crippen molar-refractivity contribution in [1.82, 2.24) is 0 Å². The molecule has 10 heteroatoms. The maximum atomic E-state index is 12.8. The zero-order chi connectivity index (χ0) is 61.6. The molecule has 0 spiro atoms. The van der Waals surface area contributed by atoms with Crippen LogP contribution in [-0.2, 0) is 32.7 Å². The average Bonchev–Trinajstić information content (AvgIpc) is 3.52. The Hall–Kier alpha value is -2.81. The molecule has 0 saturated carbocycles. The van der Waals surface area contributed by atoms with Crippen molar-refractivity contribution in [2.75, 3.05) is 26.4 Å². The van der Waals surface area contributed by atoms with Gasteiger partial charge in [-0.1, -0.05) is 330 Å². The fourth-order valence-corrected chi connectivity index (χ4v) is 11.2. The summed E-state index contributed by atoms with van der Waals surface area (Å²) < 4.78 is 33.2. The number of hydrogen-bond acceptors (Lipinski definition) is 8. The molecular weight excluding hydrogens is 1070 g/mol. The Morgan fingerprint density at radius 1 is 0.365 bits per heavy atom. The molecule has 0 aromatic rings. The summed E-state index contributed by atoms with van der Waals surface area (Å²) >= 11 is 0. The lowest BCUT2D eigenvalue weighted by atomic mass is 10.0. The first-order valence-electron chi connectivity index (χ1n) is 36.1. The van der Waals surface area contributed by atoms with Gasteiger partial charge in [0.25, 0.3) is 0 Å². The molecule has 0 fully saturated rings. The van der Waals surface area contributed by atoms with Crippen LogP contribution in [0.2, 0.25) is 0 Å². The predicted molar refractivity (Wildman–Crippen MR) is 367 cm³/mol. The molecule has 2 unspecified atom stereocenters. The van der Waals surface area contributed by atoms with Gasteiger partial charge in [-0.15, -0.1) is 0 Å². The van der Waals surface area contributed by atoms with Crippen molar-refractivity contribution in [1.29, 1.82) is 0 Å². The van der Waals surface area contributed by atoms with E-state index in [1.54, 1.807) is 0 Å². The summed E-state index contributed by atoms with van der Waals surface area (Å²) in [7, 11) is -4.40. The molecule has 0 heterocycles. The Kier molecular flexibility index (Phi) is 68.0. The molecule has 0 aliphatic carbocycles. The van der Waals surface area contributed by atoms with E-state index in [-0.39, 0.29) is 38.6 Å². The summed E-state index contributed by atoms with van der Waals surface area (Å²) in [5.74, 6) is -0.813. The second-order valence-corrected chi connectivity index (χ2v) is 25.5. The molecule has 3 N–H and O–H groups in total. The van der Waals surface area contributed by atoms with E-state index in [4.69, 9.17) is 24.3 Å². The van der Waals surface area contributed by atoms with Crippen molar-refractivity contribution in [3.8, 4) is 0 Å². The van der Waals surface area contributed by atoms with Crippen LogP contribution in [0.4, 0.5) is 0 Å². The van der Waals surface area contributed by atoms with Crippen molar-refractivity contribution in [3.05, 3.63) is 85.1 Å². The Labute approximate surface area is 525 Å². The average molecular weight is 1210 g/mol. The first-order chi connectivity index (χ1) is 41.8. The Morgan fingerprint density at radius 3 is 0.965 bits per heavy atom. The normalized spacial score (nSPS) is 13.4. The minimum Gasteiger partial charge on any atom is -0.462 e. The quantitative estimate of drug-likeness (QED) is 0.0264. The van der Waals surface area contributed by atoms with Crippen LogP contribution in [0.25, 0.3) is 0 Å². The van der Waals surface area contributed by atoms with Crippen LogP contribution in [0.15, 0.2) is 85.1 Å². The number of rotatable bonds is 68. The number of ether oxygens (including phenoxy) is 2. The van der Waals surface area contributed by atoms with Gasteiger partial charge >= 0.3 is 19.8 Å². The highest BCUT2D eigenvalue weighted by Gasteiger charge is 2.26. The molecule has 0 aromatic heterocycles. The van der Waals surface area contributed by atoms with Crippen LogP contribution in [0.3, 0.4) is 0 Å². The van der Waals surface area contributed by atoms with E-state index in [9.17, 15) is 19.0 Å². The molecule has 0 amide bonds. The van der Waals surface area contributed by atoms with Crippen molar-refractivity contribution >= 4 is 19.8 Å². The highest BCUT2D eigenvalue weighted by Crippen LogP contribution is 2.43. The van der Waals surface area contributed by atoms with Gasteiger partial charge in [-0.05, 0) is 89.9 Å². The maximum absolute atomic E-state index is 12.8. The van der Waals surface area contributed by atoms with Gasteiger partial charge in [0.15, 0.2) is 6.10 Å². The van der Waals surface area contributed by atoms with Crippen molar-refractivity contribution in [2.24, 2.45) is 5.73 Å².